The van der Waals surface area contributed by atoms with Crippen LogP contribution in [-0.4, -0.2) is 64.0 Å². The monoisotopic (exact) mass is 556 g/mol. The van der Waals surface area contributed by atoms with Crippen molar-refractivity contribution in [1.82, 2.24) is 14.8 Å². The largest absolute Gasteiger partial charge is 0.444 e. The third-order valence-electron chi connectivity index (χ3n) is 6.16. The van der Waals surface area contributed by atoms with Gasteiger partial charge in [-0.3, -0.25) is 0 Å². The second kappa shape index (κ2) is 11.8. The lowest BCUT2D eigenvalue weighted by molar-refractivity contribution is 0.000505. The smallest absolute Gasteiger partial charge is 0.410 e. The molecule has 2 aromatic rings. The molecule has 3 rings (SSSR count). The fourth-order valence-corrected chi connectivity index (χ4v) is 4.55. The molecule has 2 heterocycles. The summed E-state index contributed by atoms with van der Waals surface area (Å²) in [5.41, 5.74) is 0.418. The van der Waals surface area contributed by atoms with E-state index >= 15 is 0 Å². The number of anilines is 1. The van der Waals surface area contributed by atoms with Crippen molar-refractivity contribution in [3.63, 3.8) is 0 Å². The second-order valence-corrected chi connectivity index (χ2v) is 12.5. The van der Waals surface area contributed by atoms with Gasteiger partial charge in [0.1, 0.15) is 22.3 Å². The van der Waals surface area contributed by atoms with Gasteiger partial charge in [-0.2, -0.15) is 6.57 Å². The van der Waals surface area contributed by atoms with Crippen LogP contribution in [0, 0.1) is 17.8 Å². The van der Waals surface area contributed by atoms with E-state index in [4.69, 9.17) is 27.9 Å². The molecule has 39 heavy (non-hydrogen) atoms. The summed E-state index contributed by atoms with van der Waals surface area (Å²) in [4.78, 5) is 24.7. The van der Waals surface area contributed by atoms with E-state index in [1.165, 1.54) is 6.07 Å². The highest BCUT2D eigenvalue weighted by atomic mass is 35.5. The number of carbonyl (C=O) groups excluding carboxylic acids is 1. The second-order valence-electron chi connectivity index (χ2n) is 12.1. The van der Waals surface area contributed by atoms with Crippen LogP contribution in [-0.2, 0) is 4.74 Å². The summed E-state index contributed by atoms with van der Waals surface area (Å²) in [5.74, 6) is 0.403. The highest BCUT2D eigenvalue weighted by Gasteiger charge is 2.38. The molecule has 1 N–H and O–H groups in total. The minimum Gasteiger partial charge on any atom is -0.444 e. The number of nitrogens with one attached hydrogen (secondary N) is 1. The van der Waals surface area contributed by atoms with Crippen LogP contribution < -0.4 is 5.32 Å². The zero-order valence-corrected chi connectivity index (χ0v) is 24.7. The van der Waals surface area contributed by atoms with Crippen LogP contribution in [0.15, 0.2) is 35.4 Å². The lowest BCUT2D eigenvalue weighted by Gasteiger charge is -2.44. The summed E-state index contributed by atoms with van der Waals surface area (Å²) in [6.07, 6.45) is -0.378. The number of amidine groups is 1. The van der Waals surface area contributed by atoms with Gasteiger partial charge in [-0.15, -0.1) is 4.95 Å². The fourth-order valence-electron chi connectivity index (χ4n) is 4.30. The van der Waals surface area contributed by atoms with E-state index in [1.54, 1.807) is 29.2 Å². The number of ether oxygens (including phenoxy) is 1. The van der Waals surface area contributed by atoms with E-state index in [0.717, 1.165) is 0 Å². The molecule has 1 saturated heterocycles. The zero-order chi connectivity index (χ0) is 29.1. The average Bonchev–Trinajstić information content (AvgIpc) is 2.82. The molecule has 0 spiro atoms. The van der Waals surface area contributed by atoms with Crippen LogP contribution in [0.4, 0.5) is 15.0 Å². The predicted molar refractivity (Wildman–Crippen MR) is 154 cm³/mol. The van der Waals surface area contributed by atoms with Crippen LogP contribution in [0.1, 0.15) is 61.0 Å². The summed E-state index contributed by atoms with van der Waals surface area (Å²) in [7, 11) is 0. The van der Waals surface area contributed by atoms with Crippen molar-refractivity contribution in [2.75, 3.05) is 25.0 Å². The molecule has 1 aliphatic heterocycles. The normalized spacial score (nSPS) is 18.5. The van der Waals surface area contributed by atoms with Crippen molar-refractivity contribution in [1.29, 1.82) is 0 Å². The first-order valence-corrected chi connectivity index (χ1v) is 13.4. The number of pyridine rings is 1. The van der Waals surface area contributed by atoms with Crippen LogP contribution in [0.3, 0.4) is 0 Å². The standard InChI is InChI=1S/C29H38ClFN6O2/c1-18-16-37(27(38)39-29(6,7)8)19(2)15-36(18)26(35-32-9)21-14-22(30)24(20-12-10-11-13-23(20)31)34-25(21)33-17-28(3,4)5/h10-14,18-19H,15-17H2,1-8H3,(H,33,34)/b35-26-/t18-,19+/m0/s1. The number of carbonyl (C=O) groups is 1. The molecule has 0 saturated carbocycles. The Morgan fingerprint density at radius 1 is 1.18 bits per heavy atom. The van der Waals surface area contributed by atoms with Gasteiger partial charge in [-0.1, -0.05) is 44.5 Å². The third-order valence-corrected chi connectivity index (χ3v) is 6.45. The lowest BCUT2D eigenvalue weighted by atomic mass is 9.97. The Morgan fingerprint density at radius 3 is 2.38 bits per heavy atom. The van der Waals surface area contributed by atoms with Crippen molar-refractivity contribution in [2.45, 2.75) is 73.1 Å². The van der Waals surface area contributed by atoms with Gasteiger partial charge in [0.05, 0.1) is 16.3 Å². The molecule has 1 aromatic carbocycles. The highest BCUT2D eigenvalue weighted by molar-refractivity contribution is 6.33. The SMILES string of the molecule is [C-]#[N+]/N=C(/c1cc(Cl)c(-c2ccccc2F)nc1NCC(C)(C)C)N1C[C@@H](C)N(C(=O)OC(C)(C)C)C[C@@H]1C. The molecule has 210 valence electrons. The summed E-state index contributed by atoms with van der Waals surface area (Å²) < 4.78 is 20.3. The molecule has 1 aromatic heterocycles. The molecule has 2 atom stereocenters. The van der Waals surface area contributed by atoms with Crippen molar-refractivity contribution in [2.24, 2.45) is 10.5 Å². The number of benzene rings is 1. The molecule has 1 amide bonds. The van der Waals surface area contributed by atoms with Gasteiger partial charge >= 0.3 is 6.09 Å². The zero-order valence-electron chi connectivity index (χ0n) is 24.0. The summed E-state index contributed by atoms with van der Waals surface area (Å²) in [6, 6.07) is 7.62. The van der Waals surface area contributed by atoms with E-state index in [1.807, 2.05) is 39.5 Å². The maximum absolute atomic E-state index is 14.7. The topological polar surface area (TPSA) is 74.4 Å². The molecule has 0 bridgehead atoms. The maximum atomic E-state index is 14.7. The first-order chi connectivity index (χ1) is 18.1. The molecule has 1 fully saturated rings. The molecule has 0 unspecified atom stereocenters. The molecular formula is C29H38ClFN6O2. The van der Waals surface area contributed by atoms with Crippen LogP contribution in [0.25, 0.3) is 16.2 Å². The number of aromatic nitrogens is 1. The number of rotatable bonds is 4. The van der Waals surface area contributed by atoms with Gasteiger partial charge in [0.15, 0.2) is 0 Å². The van der Waals surface area contributed by atoms with E-state index in [0.29, 0.717) is 42.5 Å². The van der Waals surface area contributed by atoms with Crippen LogP contribution in [0.5, 0.6) is 0 Å². The number of piperazine rings is 1. The number of nitrogens with zero attached hydrogens (tertiary/aromatic N) is 5. The van der Waals surface area contributed by atoms with Crippen LogP contribution in [0.2, 0.25) is 5.02 Å². The van der Waals surface area contributed by atoms with Gasteiger partial charge in [0, 0.05) is 37.3 Å². The molecule has 8 nitrogen and oxygen atoms in total. The van der Waals surface area contributed by atoms with Gasteiger partial charge in [0.25, 0.3) is 0 Å². The summed E-state index contributed by atoms with van der Waals surface area (Å²) >= 11 is 6.69. The Hall–Kier alpha value is -3.38. The fraction of sp³-hybridized carbons (Fsp3) is 0.517. The Kier molecular flexibility index (Phi) is 9.12. The number of amides is 1. The Morgan fingerprint density at radius 2 is 1.79 bits per heavy atom. The average molecular weight is 557 g/mol. The first kappa shape index (κ1) is 30.2. The van der Waals surface area contributed by atoms with E-state index in [9.17, 15) is 9.18 Å². The van der Waals surface area contributed by atoms with Gasteiger partial charge in [-0.05, 0) is 58.2 Å². The van der Waals surface area contributed by atoms with Crippen molar-refractivity contribution in [3.05, 3.63) is 58.3 Å². The van der Waals surface area contributed by atoms with Crippen molar-refractivity contribution < 1.29 is 13.9 Å². The number of hydrogen-bond acceptors (Lipinski definition) is 5. The van der Waals surface area contributed by atoms with Gasteiger partial charge in [-0.25, -0.2) is 14.2 Å². The maximum Gasteiger partial charge on any atom is 0.410 e. The van der Waals surface area contributed by atoms with E-state index in [2.05, 4.69) is 36.1 Å². The Labute approximate surface area is 236 Å². The minimum absolute atomic E-state index is 0.0886. The molecular weight excluding hydrogens is 519 g/mol. The minimum atomic E-state index is -0.607. The molecule has 1 aliphatic rings. The molecule has 0 aliphatic carbocycles. The molecule has 0 radical (unpaired) electrons. The van der Waals surface area contributed by atoms with Gasteiger partial charge in [0.2, 0.25) is 5.84 Å². The third kappa shape index (κ3) is 7.60. The Balaban J connectivity index is 2.06. The Bertz CT molecular complexity index is 1280. The van der Waals surface area contributed by atoms with Crippen molar-refractivity contribution in [3.8, 4) is 11.3 Å². The van der Waals surface area contributed by atoms with Crippen molar-refractivity contribution >= 4 is 29.3 Å². The van der Waals surface area contributed by atoms with E-state index in [-0.39, 0.29) is 34.2 Å². The summed E-state index contributed by atoms with van der Waals surface area (Å²) in [6.45, 7) is 24.6. The lowest BCUT2D eigenvalue weighted by Crippen LogP contribution is -2.60. The van der Waals surface area contributed by atoms with Gasteiger partial charge < -0.3 is 19.9 Å². The van der Waals surface area contributed by atoms with Crippen LogP contribution >= 0.6 is 11.6 Å². The molecule has 10 heteroatoms. The number of halogens is 2. The number of hydrogen-bond donors (Lipinski definition) is 1. The predicted octanol–water partition coefficient (Wildman–Crippen LogP) is 6.91. The first-order valence-electron chi connectivity index (χ1n) is 13.0. The quantitative estimate of drug-likeness (QED) is 0.192. The van der Waals surface area contributed by atoms with E-state index < -0.39 is 11.4 Å². The highest BCUT2D eigenvalue weighted by Crippen LogP contribution is 2.34. The summed E-state index contributed by atoms with van der Waals surface area (Å²) in [5, 5.41) is 7.80.